The Hall–Kier alpha value is -1.32. The van der Waals surface area contributed by atoms with Crippen molar-refractivity contribution in [3.8, 4) is 0 Å². The number of hydrogen-bond acceptors (Lipinski definition) is 3. The zero-order chi connectivity index (χ0) is 9.68. The Bertz CT molecular complexity index is 257. The molecule has 0 spiro atoms. The molecule has 0 fully saturated rings. The van der Waals surface area contributed by atoms with Gasteiger partial charge in [-0.25, -0.2) is 0 Å². The summed E-state index contributed by atoms with van der Waals surface area (Å²) in [7, 11) is 0. The maximum absolute atomic E-state index is 11.2. The largest absolute Gasteiger partial charge is 0.466 e. The van der Waals surface area contributed by atoms with Gasteiger partial charge in [0.05, 0.1) is 19.1 Å². The molecule has 0 aliphatic heterocycles. The number of hydrogen-bond donors (Lipinski definition) is 0. The van der Waals surface area contributed by atoms with Gasteiger partial charge < -0.3 is 4.74 Å². The Morgan fingerprint density at radius 1 is 1.69 bits per heavy atom. The Morgan fingerprint density at radius 3 is 3.00 bits per heavy atom. The molecule has 0 radical (unpaired) electrons. The second-order valence-corrected chi connectivity index (χ2v) is 2.88. The van der Waals surface area contributed by atoms with Gasteiger partial charge in [0.25, 0.3) is 0 Å². The molecule has 1 aromatic heterocycles. The first-order valence-corrected chi connectivity index (χ1v) is 4.38. The zero-order valence-corrected chi connectivity index (χ0v) is 7.93. The maximum Gasteiger partial charge on any atom is 0.310 e. The number of carbonyl (C=O) groups excluding carboxylic acids is 1. The first-order valence-electron chi connectivity index (χ1n) is 4.38. The second kappa shape index (κ2) is 4.64. The summed E-state index contributed by atoms with van der Waals surface area (Å²) in [6.45, 7) is 4.65. The lowest BCUT2D eigenvalue weighted by Crippen LogP contribution is -2.20. The third kappa shape index (κ3) is 2.89. The van der Waals surface area contributed by atoms with E-state index >= 15 is 0 Å². The van der Waals surface area contributed by atoms with Crippen molar-refractivity contribution < 1.29 is 9.53 Å². The van der Waals surface area contributed by atoms with Crippen molar-refractivity contribution in [3.05, 3.63) is 18.5 Å². The molecule has 1 rings (SSSR count). The molecule has 0 unspecified atom stereocenters. The molecule has 4 heteroatoms. The van der Waals surface area contributed by atoms with Gasteiger partial charge in [-0.3, -0.25) is 9.48 Å². The van der Waals surface area contributed by atoms with Crippen LogP contribution in [-0.2, 0) is 16.1 Å². The lowest BCUT2D eigenvalue weighted by Gasteiger charge is -2.09. The fraction of sp³-hybridized carbons (Fsp3) is 0.556. The van der Waals surface area contributed by atoms with E-state index in [1.165, 1.54) is 0 Å². The SMILES string of the molecule is CCOC(=O)[C@@H](C)Cn1cccn1. The lowest BCUT2D eigenvalue weighted by atomic mass is 10.2. The van der Waals surface area contributed by atoms with Gasteiger partial charge in [0, 0.05) is 12.4 Å². The first-order chi connectivity index (χ1) is 6.24. The first kappa shape index (κ1) is 9.77. The summed E-state index contributed by atoms with van der Waals surface area (Å²) in [5.41, 5.74) is 0. The van der Waals surface area contributed by atoms with E-state index < -0.39 is 0 Å². The fourth-order valence-corrected chi connectivity index (χ4v) is 1.05. The molecule has 0 aromatic carbocycles. The summed E-state index contributed by atoms with van der Waals surface area (Å²) in [5.74, 6) is -0.308. The van der Waals surface area contributed by atoms with Crippen LogP contribution in [-0.4, -0.2) is 22.4 Å². The average Bonchev–Trinajstić information content (AvgIpc) is 2.57. The number of aromatic nitrogens is 2. The molecule has 1 aromatic rings. The summed E-state index contributed by atoms with van der Waals surface area (Å²) in [4.78, 5) is 11.2. The van der Waals surface area contributed by atoms with Gasteiger partial charge >= 0.3 is 5.97 Å². The van der Waals surface area contributed by atoms with E-state index in [2.05, 4.69) is 5.10 Å². The molecule has 0 amide bonds. The molecule has 0 bridgehead atoms. The van der Waals surface area contributed by atoms with Gasteiger partial charge in [0.2, 0.25) is 0 Å². The molecular weight excluding hydrogens is 168 g/mol. The third-order valence-corrected chi connectivity index (χ3v) is 1.71. The molecule has 0 N–H and O–H groups in total. The summed E-state index contributed by atoms with van der Waals surface area (Å²) in [6.07, 6.45) is 3.52. The highest BCUT2D eigenvalue weighted by Crippen LogP contribution is 2.01. The van der Waals surface area contributed by atoms with E-state index in [9.17, 15) is 4.79 Å². The third-order valence-electron chi connectivity index (χ3n) is 1.71. The maximum atomic E-state index is 11.2. The van der Waals surface area contributed by atoms with Crippen molar-refractivity contribution in [2.24, 2.45) is 5.92 Å². The van der Waals surface area contributed by atoms with Crippen LogP contribution in [0.25, 0.3) is 0 Å². The van der Waals surface area contributed by atoms with Crippen LogP contribution in [0.4, 0.5) is 0 Å². The molecule has 0 aliphatic carbocycles. The highest BCUT2D eigenvalue weighted by atomic mass is 16.5. The van der Waals surface area contributed by atoms with Crippen LogP contribution in [0.1, 0.15) is 13.8 Å². The normalized spacial score (nSPS) is 12.5. The Kier molecular flexibility index (Phi) is 3.49. The molecule has 72 valence electrons. The van der Waals surface area contributed by atoms with Gasteiger partial charge in [-0.15, -0.1) is 0 Å². The minimum absolute atomic E-state index is 0.139. The topological polar surface area (TPSA) is 44.1 Å². The molecule has 1 atom stereocenters. The molecule has 0 aliphatic rings. The molecule has 0 saturated heterocycles. The second-order valence-electron chi connectivity index (χ2n) is 2.88. The van der Waals surface area contributed by atoms with Gasteiger partial charge in [0.15, 0.2) is 0 Å². The van der Waals surface area contributed by atoms with E-state index in [1.807, 2.05) is 19.2 Å². The number of esters is 1. The fourth-order valence-electron chi connectivity index (χ4n) is 1.05. The molecule has 4 nitrogen and oxygen atoms in total. The van der Waals surface area contributed by atoms with Crippen LogP contribution >= 0.6 is 0 Å². The van der Waals surface area contributed by atoms with Crippen molar-refractivity contribution in [1.29, 1.82) is 0 Å². The molecule has 1 heterocycles. The van der Waals surface area contributed by atoms with E-state index in [-0.39, 0.29) is 11.9 Å². The quantitative estimate of drug-likeness (QED) is 0.654. The van der Waals surface area contributed by atoms with Gasteiger partial charge in [-0.1, -0.05) is 6.92 Å². The van der Waals surface area contributed by atoms with Gasteiger partial charge in [0.1, 0.15) is 0 Å². The Morgan fingerprint density at radius 2 is 2.46 bits per heavy atom. The zero-order valence-electron chi connectivity index (χ0n) is 7.93. The Balaban J connectivity index is 2.41. The number of rotatable bonds is 4. The van der Waals surface area contributed by atoms with E-state index in [0.717, 1.165) is 0 Å². The number of ether oxygens (including phenoxy) is 1. The van der Waals surface area contributed by atoms with Crippen LogP contribution < -0.4 is 0 Å². The Labute approximate surface area is 77.5 Å². The van der Waals surface area contributed by atoms with Crippen molar-refractivity contribution in [2.45, 2.75) is 20.4 Å². The van der Waals surface area contributed by atoms with Gasteiger partial charge in [-0.2, -0.15) is 5.10 Å². The molecular formula is C9H14N2O2. The highest BCUT2D eigenvalue weighted by Gasteiger charge is 2.14. The highest BCUT2D eigenvalue weighted by molar-refractivity contribution is 5.71. The minimum atomic E-state index is -0.169. The van der Waals surface area contributed by atoms with Crippen molar-refractivity contribution in [2.75, 3.05) is 6.61 Å². The monoisotopic (exact) mass is 182 g/mol. The smallest absolute Gasteiger partial charge is 0.310 e. The van der Waals surface area contributed by atoms with Crippen LogP contribution in [0, 0.1) is 5.92 Å². The van der Waals surface area contributed by atoms with E-state index in [4.69, 9.17) is 4.74 Å². The van der Waals surface area contributed by atoms with Crippen LogP contribution in [0.2, 0.25) is 0 Å². The molecule has 13 heavy (non-hydrogen) atoms. The standard InChI is InChI=1S/C9H14N2O2/c1-3-13-9(12)8(2)7-11-6-4-5-10-11/h4-6,8H,3,7H2,1-2H3/t8-/m0/s1. The van der Waals surface area contributed by atoms with Gasteiger partial charge in [-0.05, 0) is 13.0 Å². The van der Waals surface area contributed by atoms with Crippen LogP contribution in [0.3, 0.4) is 0 Å². The predicted molar refractivity (Wildman–Crippen MR) is 48.0 cm³/mol. The van der Waals surface area contributed by atoms with Crippen LogP contribution in [0.5, 0.6) is 0 Å². The van der Waals surface area contributed by atoms with Crippen molar-refractivity contribution >= 4 is 5.97 Å². The summed E-state index contributed by atoms with van der Waals surface area (Å²) in [6, 6.07) is 1.83. The lowest BCUT2D eigenvalue weighted by molar-refractivity contribution is -0.147. The van der Waals surface area contributed by atoms with Crippen molar-refractivity contribution in [1.82, 2.24) is 9.78 Å². The van der Waals surface area contributed by atoms with Crippen molar-refractivity contribution in [3.63, 3.8) is 0 Å². The summed E-state index contributed by atoms with van der Waals surface area (Å²) >= 11 is 0. The van der Waals surface area contributed by atoms with E-state index in [0.29, 0.717) is 13.2 Å². The molecule has 0 saturated carbocycles. The summed E-state index contributed by atoms with van der Waals surface area (Å²) in [5, 5.41) is 4.01. The average molecular weight is 182 g/mol. The number of carbonyl (C=O) groups is 1. The van der Waals surface area contributed by atoms with E-state index in [1.54, 1.807) is 17.8 Å². The summed E-state index contributed by atoms with van der Waals surface area (Å²) < 4.78 is 6.60. The van der Waals surface area contributed by atoms with Crippen LogP contribution in [0.15, 0.2) is 18.5 Å². The minimum Gasteiger partial charge on any atom is -0.466 e. The predicted octanol–water partition coefficient (Wildman–Crippen LogP) is 1.08. The number of nitrogens with zero attached hydrogens (tertiary/aromatic N) is 2.